The number of halogens is 3. The Morgan fingerprint density at radius 2 is 1.65 bits per heavy atom. The summed E-state index contributed by atoms with van der Waals surface area (Å²) in [5.41, 5.74) is 0.597. The summed E-state index contributed by atoms with van der Waals surface area (Å²) in [5.74, 6) is 0.970. The molecule has 0 unspecified atom stereocenters. The van der Waals surface area contributed by atoms with E-state index in [-0.39, 0.29) is 42.6 Å². The number of aryl methyl sites for hydroxylation is 1. The Morgan fingerprint density at radius 1 is 0.953 bits per heavy atom. The van der Waals surface area contributed by atoms with Crippen LogP contribution in [0.4, 0.5) is 42.3 Å². The average molecular weight is 617 g/mol. The van der Waals surface area contributed by atoms with Crippen molar-refractivity contribution in [1.82, 2.24) is 24.5 Å². The molecule has 0 radical (unpaired) electrons. The van der Waals surface area contributed by atoms with Crippen molar-refractivity contribution in [3.05, 3.63) is 77.5 Å². The number of esters is 1. The first-order valence-electron chi connectivity index (χ1n) is 13.0. The largest absolute Gasteiger partial charge is 0.465 e. The molecule has 1 fully saturated rings. The van der Waals surface area contributed by atoms with Crippen molar-refractivity contribution in [2.24, 2.45) is 0 Å². The monoisotopic (exact) mass is 616 g/mol. The first-order valence-corrected chi connectivity index (χ1v) is 14.4. The molecule has 0 atom stereocenters. The summed E-state index contributed by atoms with van der Waals surface area (Å²) in [7, 11) is -2.74. The highest BCUT2D eigenvalue weighted by atomic mass is 32.2. The van der Waals surface area contributed by atoms with E-state index in [9.17, 15) is 26.4 Å². The number of benzene rings is 2. The highest BCUT2D eigenvalue weighted by molar-refractivity contribution is 7.89. The number of methoxy groups -OCH3 is 1. The summed E-state index contributed by atoms with van der Waals surface area (Å²) in [4.78, 5) is 23.1. The zero-order valence-electron chi connectivity index (χ0n) is 23.0. The summed E-state index contributed by atoms with van der Waals surface area (Å²) in [5, 5.41) is 13.2. The fraction of sp³-hybridized carbons (Fsp3) is 0.259. The van der Waals surface area contributed by atoms with Crippen molar-refractivity contribution in [3.63, 3.8) is 0 Å². The first-order chi connectivity index (χ1) is 20.4. The van der Waals surface area contributed by atoms with Crippen LogP contribution in [0.2, 0.25) is 0 Å². The SMILES string of the molecule is COC(=O)c1ccccc1Nc1nc(Nc2cc(C)[nH]n2)cc(N2CCN(S(=O)(=O)c3ccc(C(F)(F)F)cc3)CC2)n1. The minimum Gasteiger partial charge on any atom is -0.465 e. The van der Waals surface area contributed by atoms with Gasteiger partial charge in [0.2, 0.25) is 16.0 Å². The molecule has 1 aliphatic heterocycles. The number of sulfonamides is 1. The number of hydrogen-bond donors (Lipinski definition) is 3. The van der Waals surface area contributed by atoms with Gasteiger partial charge in [0, 0.05) is 44.0 Å². The van der Waals surface area contributed by atoms with E-state index in [4.69, 9.17) is 4.74 Å². The Bertz CT molecular complexity index is 1720. The smallest absolute Gasteiger partial charge is 0.416 e. The van der Waals surface area contributed by atoms with Crippen molar-refractivity contribution in [1.29, 1.82) is 0 Å². The van der Waals surface area contributed by atoms with Gasteiger partial charge in [-0.05, 0) is 43.3 Å². The molecule has 3 N–H and O–H groups in total. The van der Waals surface area contributed by atoms with E-state index in [1.54, 1.807) is 36.4 Å². The van der Waals surface area contributed by atoms with Crippen LogP contribution in [-0.2, 0) is 20.9 Å². The fourth-order valence-electron chi connectivity index (χ4n) is 4.45. The van der Waals surface area contributed by atoms with E-state index in [1.165, 1.54) is 11.4 Å². The molecule has 226 valence electrons. The lowest BCUT2D eigenvalue weighted by molar-refractivity contribution is -0.137. The minimum absolute atomic E-state index is 0.0720. The fourth-order valence-corrected chi connectivity index (χ4v) is 5.87. The van der Waals surface area contributed by atoms with Gasteiger partial charge in [-0.15, -0.1) is 0 Å². The molecule has 0 bridgehead atoms. The molecule has 4 aromatic rings. The summed E-state index contributed by atoms with van der Waals surface area (Å²) in [6.07, 6.45) is -4.57. The van der Waals surface area contributed by atoms with Gasteiger partial charge in [-0.3, -0.25) is 5.10 Å². The van der Waals surface area contributed by atoms with Crippen LogP contribution in [0.15, 0.2) is 65.6 Å². The number of rotatable bonds is 8. The second kappa shape index (κ2) is 11.9. The number of hydrogen-bond acceptors (Lipinski definition) is 10. The second-order valence-corrected chi connectivity index (χ2v) is 11.5. The number of nitrogens with one attached hydrogen (secondary N) is 3. The molecule has 2 aromatic heterocycles. The predicted octanol–water partition coefficient (Wildman–Crippen LogP) is 4.31. The van der Waals surface area contributed by atoms with Gasteiger partial charge in [0.1, 0.15) is 11.6 Å². The Morgan fingerprint density at radius 3 is 2.28 bits per heavy atom. The van der Waals surface area contributed by atoms with Crippen LogP contribution in [0.3, 0.4) is 0 Å². The Kier molecular flexibility index (Phi) is 8.23. The summed E-state index contributed by atoms with van der Waals surface area (Å²) in [6.45, 7) is 2.48. The molecule has 2 aromatic carbocycles. The lowest BCUT2D eigenvalue weighted by Crippen LogP contribution is -2.49. The van der Waals surface area contributed by atoms with Gasteiger partial charge in [0.25, 0.3) is 0 Å². The molecular formula is C27H27F3N8O4S. The number of para-hydroxylation sites is 1. The topological polar surface area (TPSA) is 145 Å². The number of H-pyrrole nitrogens is 1. The molecule has 0 amide bonds. The zero-order valence-corrected chi connectivity index (χ0v) is 23.8. The molecular weight excluding hydrogens is 589 g/mol. The summed E-state index contributed by atoms with van der Waals surface area (Å²) < 4.78 is 71.2. The van der Waals surface area contributed by atoms with Crippen LogP contribution in [-0.4, -0.2) is 72.1 Å². The van der Waals surface area contributed by atoms with Crippen LogP contribution >= 0.6 is 0 Å². The number of alkyl halides is 3. The molecule has 12 nitrogen and oxygen atoms in total. The second-order valence-electron chi connectivity index (χ2n) is 9.57. The highest BCUT2D eigenvalue weighted by Gasteiger charge is 2.33. The van der Waals surface area contributed by atoms with E-state index >= 15 is 0 Å². The number of nitrogens with zero attached hydrogens (tertiary/aromatic N) is 5. The zero-order chi connectivity index (χ0) is 30.8. The molecule has 16 heteroatoms. The molecule has 0 spiro atoms. The summed E-state index contributed by atoms with van der Waals surface area (Å²) >= 11 is 0. The lowest BCUT2D eigenvalue weighted by Gasteiger charge is -2.35. The number of carbonyl (C=O) groups is 1. The number of carbonyl (C=O) groups excluding carboxylic acids is 1. The van der Waals surface area contributed by atoms with E-state index in [0.29, 0.717) is 23.1 Å². The van der Waals surface area contributed by atoms with Crippen LogP contribution in [0.5, 0.6) is 0 Å². The minimum atomic E-state index is -4.57. The maximum absolute atomic E-state index is 13.2. The van der Waals surface area contributed by atoms with Crippen LogP contribution in [0.1, 0.15) is 21.6 Å². The standard InChI is InChI=1S/C27H27F3N8O4S/c1-17-15-23(36-35-17)32-22-16-24(34-26(33-22)31-21-6-4-3-5-20(21)25(39)42-2)37-11-13-38(14-12-37)43(40,41)19-9-7-18(8-10-19)27(28,29)30/h3-10,15-16H,11-14H2,1-2H3,(H3,31,32,33,34,35,36). The normalized spacial score (nSPS) is 14.4. The van der Waals surface area contributed by atoms with E-state index in [1.807, 2.05) is 11.8 Å². The van der Waals surface area contributed by atoms with Gasteiger partial charge in [-0.1, -0.05) is 12.1 Å². The van der Waals surface area contributed by atoms with E-state index in [0.717, 1.165) is 30.0 Å². The van der Waals surface area contributed by atoms with Gasteiger partial charge < -0.3 is 20.3 Å². The van der Waals surface area contributed by atoms with Crippen molar-refractivity contribution in [2.45, 2.75) is 18.0 Å². The quantitative estimate of drug-likeness (QED) is 0.245. The van der Waals surface area contributed by atoms with Crippen molar-refractivity contribution in [3.8, 4) is 0 Å². The maximum Gasteiger partial charge on any atom is 0.416 e. The third-order valence-electron chi connectivity index (χ3n) is 6.64. The van der Waals surface area contributed by atoms with Gasteiger partial charge in [-0.25, -0.2) is 13.2 Å². The van der Waals surface area contributed by atoms with Crippen molar-refractivity contribution in [2.75, 3.05) is 48.8 Å². The van der Waals surface area contributed by atoms with Crippen LogP contribution < -0.4 is 15.5 Å². The van der Waals surface area contributed by atoms with E-state index < -0.39 is 27.7 Å². The molecule has 43 heavy (non-hydrogen) atoms. The first kappa shape index (κ1) is 29.8. The molecule has 5 rings (SSSR count). The van der Waals surface area contributed by atoms with Crippen molar-refractivity contribution >= 4 is 45.1 Å². The average Bonchev–Trinajstić information content (AvgIpc) is 3.40. The van der Waals surface area contributed by atoms with Gasteiger partial charge in [0.15, 0.2) is 5.82 Å². The number of aromatic amines is 1. The number of aromatic nitrogens is 4. The molecule has 0 aliphatic carbocycles. The number of anilines is 5. The van der Waals surface area contributed by atoms with Gasteiger partial charge in [0.05, 0.1) is 28.8 Å². The molecule has 0 saturated carbocycles. The summed E-state index contributed by atoms with van der Waals surface area (Å²) in [6, 6.07) is 13.6. The van der Waals surface area contributed by atoms with Crippen LogP contribution in [0, 0.1) is 6.92 Å². The third-order valence-corrected chi connectivity index (χ3v) is 8.55. The predicted molar refractivity (Wildman–Crippen MR) is 152 cm³/mol. The lowest BCUT2D eigenvalue weighted by atomic mass is 10.2. The third kappa shape index (κ3) is 6.70. The molecule has 3 heterocycles. The maximum atomic E-state index is 13.2. The molecule has 1 saturated heterocycles. The van der Waals surface area contributed by atoms with E-state index in [2.05, 4.69) is 30.8 Å². The Hall–Kier alpha value is -4.70. The van der Waals surface area contributed by atoms with Gasteiger partial charge in [-0.2, -0.15) is 32.5 Å². The van der Waals surface area contributed by atoms with Crippen LogP contribution in [0.25, 0.3) is 0 Å². The number of ether oxygens (including phenoxy) is 1. The van der Waals surface area contributed by atoms with Crippen molar-refractivity contribution < 1.29 is 31.1 Å². The van der Waals surface area contributed by atoms with Gasteiger partial charge >= 0.3 is 12.1 Å². The Labute approximate surface area is 245 Å². The Balaban J connectivity index is 1.38. The highest BCUT2D eigenvalue weighted by Crippen LogP contribution is 2.31. The molecule has 1 aliphatic rings. The number of piperazine rings is 1.